The Morgan fingerprint density at radius 1 is 0.289 bits per heavy atom. The third-order valence-electron chi connectivity index (χ3n) is 22.1. The van der Waals surface area contributed by atoms with Gasteiger partial charge in [0.1, 0.15) is 0 Å². The van der Waals surface area contributed by atoms with Crippen LogP contribution in [0.5, 0.6) is 0 Å². The molecular formula is C87H89BO2. The summed E-state index contributed by atoms with van der Waals surface area (Å²) >= 11 is 0. The Kier molecular flexibility index (Phi) is 16.0. The van der Waals surface area contributed by atoms with Crippen molar-refractivity contribution in [2.24, 2.45) is 0 Å². The highest BCUT2D eigenvalue weighted by Crippen LogP contribution is 2.59. The van der Waals surface area contributed by atoms with Crippen LogP contribution in [0.15, 0.2) is 224 Å². The topological polar surface area (TPSA) is 18.5 Å². The van der Waals surface area contributed by atoms with Gasteiger partial charge in [-0.1, -0.05) is 299 Å². The van der Waals surface area contributed by atoms with E-state index in [0.29, 0.717) is 0 Å². The summed E-state index contributed by atoms with van der Waals surface area (Å²) in [6.45, 7) is 18.0. The van der Waals surface area contributed by atoms with Crippen LogP contribution in [-0.2, 0) is 25.6 Å². The fourth-order valence-electron chi connectivity index (χ4n) is 16.3. The third kappa shape index (κ3) is 10.3. The van der Waals surface area contributed by atoms with Crippen molar-refractivity contribution in [3.63, 3.8) is 0 Å². The van der Waals surface area contributed by atoms with Gasteiger partial charge in [-0.25, -0.2) is 0 Å². The van der Waals surface area contributed by atoms with Gasteiger partial charge in [-0.2, -0.15) is 0 Å². The predicted octanol–water partition coefficient (Wildman–Crippen LogP) is 23.1. The summed E-state index contributed by atoms with van der Waals surface area (Å²) in [6, 6.07) is 86.6. The predicted molar refractivity (Wildman–Crippen MR) is 381 cm³/mol. The molecule has 0 saturated carbocycles. The quantitative estimate of drug-likeness (QED) is 0.0527. The second-order valence-electron chi connectivity index (χ2n) is 28.4. The molecule has 0 atom stereocenters. The minimum atomic E-state index is -0.436. The van der Waals surface area contributed by atoms with Gasteiger partial charge >= 0.3 is 7.12 Å². The van der Waals surface area contributed by atoms with Crippen molar-refractivity contribution < 1.29 is 9.31 Å². The van der Waals surface area contributed by atoms with Crippen LogP contribution in [0, 0.1) is 0 Å². The van der Waals surface area contributed by atoms with Crippen LogP contribution in [0.4, 0.5) is 0 Å². The normalized spacial score (nSPS) is 16.3. The summed E-state index contributed by atoms with van der Waals surface area (Å²) in [5, 5.41) is 0. The fourth-order valence-corrected chi connectivity index (χ4v) is 16.3. The minimum Gasteiger partial charge on any atom is -0.399 e. The number of benzene rings is 10. The van der Waals surface area contributed by atoms with Crippen molar-refractivity contribution in [1.29, 1.82) is 0 Å². The maximum absolute atomic E-state index is 6.41. The fraction of sp³-hybridized carbons (Fsp3) is 0.310. The number of hydrogen-bond donors (Lipinski definition) is 0. The Morgan fingerprint density at radius 3 is 1.06 bits per heavy atom. The first-order valence-electron chi connectivity index (χ1n) is 34.3. The van der Waals surface area contributed by atoms with Crippen molar-refractivity contribution in [2.75, 3.05) is 0 Å². The molecule has 1 fully saturated rings. The summed E-state index contributed by atoms with van der Waals surface area (Å²) < 4.78 is 12.8. The molecule has 14 rings (SSSR count). The molecule has 1 aliphatic heterocycles. The van der Waals surface area contributed by atoms with Crippen LogP contribution in [0.3, 0.4) is 0 Å². The van der Waals surface area contributed by atoms with E-state index in [9.17, 15) is 0 Å². The number of unbranched alkanes of at least 4 members (excludes halogenated alkanes) is 10. The molecule has 1 heterocycles. The van der Waals surface area contributed by atoms with Crippen molar-refractivity contribution in [3.8, 4) is 77.9 Å². The highest BCUT2D eigenvalue weighted by atomic mass is 16.7. The molecule has 0 unspecified atom stereocenters. The molecule has 1 saturated heterocycles. The Morgan fingerprint density at radius 2 is 0.611 bits per heavy atom. The number of fused-ring (bicyclic) bond motifs is 9. The van der Waals surface area contributed by atoms with Crippen molar-refractivity contribution >= 4 is 12.6 Å². The van der Waals surface area contributed by atoms with E-state index < -0.39 is 5.41 Å². The average Bonchev–Trinajstić information content (AvgIpc) is 1.54. The summed E-state index contributed by atoms with van der Waals surface area (Å²) in [5.41, 5.74) is 29.0. The van der Waals surface area contributed by atoms with E-state index >= 15 is 0 Å². The van der Waals surface area contributed by atoms with Gasteiger partial charge in [-0.3, -0.25) is 0 Å². The van der Waals surface area contributed by atoms with Gasteiger partial charge < -0.3 is 9.31 Å². The molecule has 2 nitrogen and oxygen atoms in total. The molecule has 0 radical (unpaired) electrons. The molecule has 0 amide bonds. The molecule has 0 aromatic heterocycles. The largest absolute Gasteiger partial charge is 0.494 e. The molecule has 0 bridgehead atoms. The third-order valence-corrected chi connectivity index (χ3v) is 22.1. The molecule has 90 heavy (non-hydrogen) atoms. The molecule has 452 valence electrons. The van der Waals surface area contributed by atoms with Crippen molar-refractivity contribution in [2.45, 2.75) is 173 Å². The van der Waals surface area contributed by atoms with Crippen LogP contribution in [0.25, 0.3) is 77.9 Å². The van der Waals surface area contributed by atoms with Gasteiger partial charge in [0, 0.05) is 10.8 Å². The van der Waals surface area contributed by atoms with Gasteiger partial charge in [0.2, 0.25) is 0 Å². The van der Waals surface area contributed by atoms with Gasteiger partial charge in [-0.15, -0.1) is 0 Å². The first-order valence-corrected chi connectivity index (χ1v) is 34.3. The molecule has 10 aromatic rings. The summed E-state index contributed by atoms with van der Waals surface area (Å²) in [4.78, 5) is 0. The maximum atomic E-state index is 6.41. The van der Waals surface area contributed by atoms with Crippen LogP contribution < -0.4 is 5.46 Å². The summed E-state index contributed by atoms with van der Waals surface area (Å²) in [7, 11) is -0.375. The Hall–Kier alpha value is -7.82. The summed E-state index contributed by atoms with van der Waals surface area (Å²) in [5.74, 6) is 0. The van der Waals surface area contributed by atoms with E-state index in [-0.39, 0.29) is 29.2 Å². The van der Waals surface area contributed by atoms with E-state index in [4.69, 9.17) is 9.31 Å². The second kappa shape index (κ2) is 24.1. The molecular weight excluding hydrogens is 1090 g/mol. The van der Waals surface area contributed by atoms with Crippen LogP contribution in [-0.4, -0.2) is 18.3 Å². The maximum Gasteiger partial charge on any atom is 0.494 e. The van der Waals surface area contributed by atoms with E-state index in [2.05, 4.69) is 280 Å². The number of hydrogen-bond acceptors (Lipinski definition) is 2. The lowest BCUT2D eigenvalue weighted by Gasteiger charge is -2.34. The lowest BCUT2D eigenvalue weighted by atomic mass is 9.67. The zero-order valence-electron chi connectivity index (χ0n) is 54.7. The highest BCUT2D eigenvalue weighted by molar-refractivity contribution is 6.62. The van der Waals surface area contributed by atoms with Gasteiger partial charge in [0.25, 0.3) is 0 Å². The van der Waals surface area contributed by atoms with Crippen LogP contribution >= 0.6 is 0 Å². The minimum absolute atomic E-state index is 0.0801. The molecule has 10 aromatic carbocycles. The van der Waals surface area contributed by atoms with E-state index in [1.54, 1.807) is 11.1 Å². The van der Waals surface area contributed by atoms with Crippen molar-refractivity contribution in [1.82, 2.24) is 0 Å². The Labute approximate surface area is 538 Å². The van der Waals surface area contributed by atoms with Gasteiger partial charge in [0.05, 0.1) is 16.6 Å². The molecule has 3 aliphatic carbocycles. The molecule has 0 spiro atoms. The van der Waals surface area contributed by atoms with E-state index in [0.717, 1.165) is 5.46 Å². The Bertz CT molecular complexity index is 4170. The molecule has 3 heteroatoms. The SMILES string of the molecule is CCCCCCCCC1(CCCCCCCC)c2cc(-c3ccc(-c4ccc5c(c4)C(c4ccccc4)(c4ccccc4)c4ccccc4-5)cc3)ccc2-c2ccc(-c3ccc4c(c3)C(C)(C)c3cc(-c5ccc(B6OC(C)(C)C(C)(C)O6)cc5)ccc3-4)cc21. The molecule has 0 N–H and O–H groups in total. The highest BCUT2D eigenvalue weighted by Gasteiger charge is 2.52. The molecule has 4 aliphatic rings. The smallest absolute Gasteiger partial charge is 0.399 e. The lowest BCUT2D eigenvalue weighted by Crippen LogP contribution is -2.41. The number of rotatable bonds is 21. The van der Waals surface area contributed by atoms with Crippen molar-refractivity contribution in [3.05, 3.63) is 269 Å². The monoisotopic (exact) mass is 1180 g/mol. The van der Waals surface area contributed by atoms with Gasteiger partial charge in [-0.05, 0) is 199 Å². The Balaban J connectivity index is 0.797. The average molecular weight is 1180 g/mol. The standard InChI is InChI=1S/C87H89BO2/c1-9-11-13-15-17-27-53-86(54-28-18-16-14-12-10-2)80-57-64(60-35-37-61(38-36-60)65-43-52-76-71-33-25-26-34-77(71)87(82(76)59-65,68-29-21-19-22-30-68)69-31-23-20-24-32-69)42-50-74(80)75-51-45-67(58-81(75)86)66-44-49-73-72-48-41-63(55-78(72)83(3,4)79(73)56-66)62-39-46-70(47-40-62)88-89-84(5,6)85(7,8)90-88/h19-26,29-52,55-59H,9-18,27-28,53-54H2,1-8H3. The summed E-state index contributed by atoms with van der Waals surface area (Å²) in [6.07, 6.45) is 17.9. The second-order valence-corrected chi connectivity index (χ2v) is 28.4. The van der Waals surface area contributed by atoms with Gasteiger partial charge in [0.15, 0.2) is 0 Å². The first kappa shape index (κ1) is 59.8. The van der Waals surface area contributed by atoms with Crippen LogP contribution in [0.1, 0.15) is 190 Å². The van der Waals surface area contributed by atoms with E-state index in [1.807, 2.05) is 0 Å². The zero-order chi connectivity index (χ0) is 61.8. The lowest BCUT2D eigenvalue weighted by molar-refractivity contribution is 0.00578. The van der Waals surface area contributed by atoms with Crippen LogP contribution in [0.2, 0.25) is 0 Å². The zero-order valence-corrected chi connectivity index (χ0v) is 54.7. The van der Waals surface area contributed by atoms with E-state index in [1.165, 1.54) is 201 Å². The first-order chi connectivity index (χ1) is 43.8.